The molecule has 2 aromatic carbocycles. The average molecular weight is 281 g/mol. The van der Waals surface area contributed by atoms with Crippen molar-refractivity contribution in [2.45, 2.75) is 38.8 Å². The summed E-state index contributed by atoms with van der Waals surface area (Å²) in [5, 5.41) is 3.64. The summed E-state index contributed by atoms with van der Waals surface area (Å²) in [6.07, 6.45) is 3.99. The van der Waals surface area contributed by atoms with E-state index in [1.54, 1.807) is 0 Å². The van der Waals surface area contributed by atoms with Gasteiger partial charge in [-0.3, -0.25) is 0 Å². The quantitative estimate of drug-likeness (QED) is 0.790. The number of hydrogen-bond donors (Lipinski definition) is 1. The lowest BCUT2D eigenvalue weighted by molar-refractivity contribution is 0.481. The zero-order valence-electron chi connectivity index (χ0n) is 12.6. The Labute approximate surface area is 127 Å². The van der Waals surface area contributed by atoms with Crippen LogP contribution in [0.5, 0.6) is 11.5 Å². The van der Waals surface area contributed by atoms with Gasteiger partial charge >= 0.3 is 0 Å². The molecule has 3 rings (SSSR count). The standard InChI is InChI=1S/C19H23NO/c1-2-7-16-13-19(16)20-14-15-8-6-11-18(12-15)21-17-9-4-3-5-10-17/h3-6,8-12,16,19-20H,2,7,13-14H2,1H3. The van der Waals surface area contributed by atoms with Crippen molar-refractivity contribution in [3.05, 3.63) is 60.2 Å². The maximum atomic E-state index is 5.87. The van der Waals surface area contributed by atoms with Crippen LogP contribution >= 0.6 is 0 Å². The van der Waals surface area contributed by atoms with Crippen LogP contribution in [0.2, 0.25) is 0 Å². The predicted octanol–water partition coefficient (Wildman–Crippen LogP) is 4.76. The van der Waals surface area contributed by atoms with Crippen molar-refractivity contribution in [1.82, 2.24) is 5.32 Å². The second-order valence-electron chi connectivity index (χ2n) is 5.83. The highest BCUT2D eigenvalue weighted by molar-refractivity contribution is 5.33. The Hall–Kier alpha value is -1.80. The van der Waals surface area contributed by atoms with Crippen LogP contribution in [0.4, 0.5) is 0 Å². The van der Waals surface area contributed by atoms with Gasteiger partial charge in [0.25, 0.3) is 0 Å². The van der Waals surface area contributed by atoms with E-state index in [2.05, 4.69) is 30.4 Å². The van der Waals surface area contributed by atoms with Gasteiger partial charge in [0.05, 0.1) is 0 Å². The van der Waals surface area contributed by atoms with E-state index in [1.165, 1.54) is 24.8 Å². The maximum absolute atomic E-state index is 5.87. The van der Waals surface area contributed by atoms with Gasteiger partial charge in [-0.25, -0.2) is 0 Å². The van der Waals surface area contributed by atoms with Gasteiger partial charge in [-0.2, -0.15) is 0 Å². The first-order chi connectivity index (χ1) is 10.3. The van der Waals surface area contributed by atoms with Crippen molar-refractivity contribution < 1.29 is 4.74 Å². The molecular weight excluding hydrogens is 258 g/mol. The molecule has 0 amide bonds. The Morgan fingerprint density at radius 3 is 2.67 bits per heavy atom. The molecule has 0 aromatic heterocycles. The summed E-state index contributed by atoms with van der Waals surface area (Å²) in [6, 6.07) is 19.0. The molecule has 21 heavy (non-hydrogen) atoms. The van der Waals surface area contributed by atoms with E-state index in [0.717, 1.165) is 30.0 Å². The first kappa shape index (κ1) is 14.2. The zero-order valence-corrected chi connectivity index (χ0v) is 12.6. The third-order valence-corrected chi connectivity index (χ3v) is 4.03. The number of hydrogen-bond acceptors (Lipinski definition) is 2. The van der Waals surface area contributed by atoms with Gasteiger partial charge in [-0.15, -0.1) is 0 Å². The molecule has 2 unspecified atom stereocenters. The van der Waals surface area contributed by atoms with E-state index in [4.69, 9.17) is 4.74 Å². The molecule has 2 aromatic rings. The van der Waals surface area contributed by atoms with Gasteiger partial charge in [0.15, 0.2) is 0 Å². The van der Waals surface area contributed by atoms with Crippen LogP contribution in [-0.2, 0) is 6.54 Å². The van der Waals surface area contributed by atoms with Crippen molar-refractivity contribution in [1.29, 1.82) is 0 Å². The van der Waals surface area contributed by atoms with Crippen LogP contribution in [0.15, 0.2) is 54.6 Å². The topological polar surface area (TPSA) is 21.3 Å². The minimum Gasteiger partial charge on any atom is -0.457 e. The molecule has 1 aliphatic rings. The van der Waals surface area contributed by atoms with E-state index >= 15 is 0 Å². The number of rotatable bonds is 7. The van der Waals surface area contributed by atoms with Crippen molar-refractivity contribution >= 4 is 0 Å². The summed E-state index contributed by atoms with van der Waals surface area (Å²) in [5.74, 6) is 2.69. The monoisotopic (exact) mass is 281 g/mol. The van der Waals surface area contributed by atoms with Gasteiger partial charge in [0.1, 0.15) is 11.5 Å². The Kier molecular flexibility index (Phi) is 4.56. The predicted molar refractivity (Wildman–Crippen MR) is 86.6 cm³/mol. The minimum atomic E-state index is 0.726. The number of para-hydroxylation sites is 1. The summed E-state index contributed by atoms with van der Waals surface area (Å²) in [7, 11) is 0. The Morgan fingerprint density at radius 2 is 1.86 bits per heavy atom. The minimum absolute atomic E-state index is 0.726. The third kappa shape index (κ3) is 4.08. The summed E-state index contributed by atoms with van der Waals surface area (Å²) >= 11 is 0. The van der Waals surface area contributed by atoms with Crippen molar-refractivity contribution in [2.75, 3.05) is 0 Å². The molecule has 1 N–H and O–H groups in total. The van der Waals surface area contributed by atoms with Crippen molar-refractivity contribution in [3.8, 4) is 11.5 Å². The molecule has 1 fully saturated rings. The SMILES string of the molecule is CCCC1CC1NCc1cccc(Oc2ccccc2)c1. The fourth-order valence-electron chi connectivity index (χ4n) is 2.78. The van der Waals surface area contributed by atoms with Gasteiger partial charge in [0.2, 0.25) is 0 Å². The van der Waals surface area contributed by atoms with Gasteiger partial charge in [-0.1, -0.05) is 43.7 Å². The summed E-state index contributed by atoms with van der Waals surface area (Å²) in [6.45, 7) is 3.19. The Balaban J connectivity index is 1.54. The molecule has 0 saturated heterocycles. The summed E-state index contributed by atoms with van der Waals surface area (Å²) in [4.78, 5) is 0. The van der Waals surface area contributed by atoms with Crippen LogP contribution in [0.1, 0.15) is 31.7 Å². The van der Waals surface area contributed by atoms with E-state index in [1.807, 2.05) is 36.4 Å². The van der Waals surface area contributed by atoms with E-state index in [-0.39, 0.29) is 0 Å². The van der Waals surface area contributed by atoms with Gasteiger partial charge < -0.3 is 10.1 Å². The van der Waals surface area contributed by atoms with E-state index in [0.29, 0.717) is 0 Å². The van der Waals surface area contributed by atoms with Crippen LogP contribution in [0.3, 0.4) is 0 Å². The fourth-order valence-corrected chi connectivity index (χ4v) is 2.78. The van der Waals surface area contributed by atoms with Crippen LogP contribution < -0.4 is 10.1 Å². The molecule has 110 valence electrons. The lowest BCUT2D eigenvalue weighted by atomic mass is 10.2. The lowest BCUT2D eigenvalue weighted by Crippen LogP contribution is -2.17. The van der Waals surface area contributed by atoms with Crippen LogP contribution in [0, 0.1) is 5.92 Å². The summed E-state index contributed by atoms with van der Waals surface area (Å²) < 4.78 is 5.87. The Morgan fingerprint density at radius 1 is 1.05 bits per heavy atom. The van der Waals surface area contributed by atoms with Crippen LogP contribution in [-0.4, -0.2) is 6.04 Å². The molecule has 1 saturated carbocycles. The molecule has 1 aliphatic carbocycles. The largest absolute Gasteiger partial charge is 0.457 e. The van der Waals surface area contributed by atoms with Gasteiger partial charge in [0, 0.05) is 12.6 Å². The van der Waals surface area contributed by atoms with Crippen molar-refractivity contribution in [2.24, 2.45) is 5.92 Å². The first-order valence-electron chi connectivity index (χ1n) is 7.90. The maximum Gasteiger partial charge on any atom is 0.127 e. The fraction of sp³-hybridized carbons (Fsp3) is 0.368. The molecule has 0 spiro atoms. The van der Waals surface area contributed by atoms with E-state index < -0.39 is 0 Å². The highest BCUT2D eigenvalue weighted by Gasteiger charge is 2.35. The zero-order chi connectivity index (χ0) is 14.5. The van der Waals surface area contributed by atoms with Gasteiger partial charge in [-0.05, 0) is 48.6 Å². The van der Waals surface area contributed by atoms with Crippen LogP contribution in [0.25, 0.3) is 0 Å². The highest BCUT2D eigenvalue weighted by Crippen LogP contribution is 2.34. The molecule has 0 radical (unpaired) electrons. The lowest BCUT2D eigenvalue weighted by Gasteiger charge is -2.08. The van der Waals surface area contributed by atoms with E-state index in [9.17, 15) is 0 Å². The Bertz CT molecular complexity index is 567. The molecular formula is C19H23NO. The molecule has 2 atom stereocenters. The number of ether oxygens (including phenoxy) is 1. The third-order valence-electron chi connectivity index (χ3n) is 4.03. The molecule has 0 aliphatic heterocycles. The smallest absolute Gasteiger partial charge is 0.127 e. The highest BCUT2D eigenvalue weighted by atomic mass is 16.5. The van der Waals surface area contributed by atoms with Crippen molar-refractivity contribution in [3.63, 3.8) is 0 Å². The molecule has 0 heterocycles. The molecule has 2 heteroatoms. The second kappa shape index (κ2) is 6.77. The number of nitrogens with one attached hydrogen (secondary N) is 1. The first-order valence-corrected chi connectivity index (χ1v) is 7.90. The molecule has 0 bridgehead atoms. The second-order valence-corrected chi connectivity index (χ2v) is 5.83. The number of benzene rings is 2. The normalized spacial score (nSPS) is 20.2. The molecule has 2 nitrogen and oxygen atoms in total. The summed E-state index contributed by atoms with van der Waals surface area (Å²) in [5.41, 5.74) is 1.28. The average Bonchev–Trinajstić information content (AvgIpc) is 3.25.